The number of nitrogens with one attached hydrogen (secondary N) is 1. The highest BCUT2D eigenvalue weighted by molar-refractivity contribution is 5.94. The summed E-state index contributed by atoms with van der Waals surface area (Å²) in [5.41, 5.74) is 2.88. The Bertz CT molecular complexity index is 467. The van der Waals surface area contributed by atoms with E-state index in [9.17, 15) is 4.79 Å². The van der Waals surface area contributed by atoms with Crippen LogP contribution >= 0.6 is 0 Å². The highest BCUT2D eigenvalue weighted by atomic mass is 16.3. The van der Waals surface area contributed by atoms with Crippen LogP contribution in [0.1, 0.15) is 53.8 Å². The first kappa shape index (κ1) is 12.7. The fourth-order valence-corrected chi connectivity index (χ4v) is 3.35. The van der Waals surface area contributed by atoms with Gasteiger partial charge in [0.25, 0.3) is 5.91 Å². The third-order valence-corrected chi connectivity index (χ3v) is 4.36. The van der Waals surface area contributed by atoms with Gasteiger partial charge in [-0.05, 0) is 44.9 Å². The molecule has 1 aliphatic carbocycles. The smallest absolute Gasteiger partial charge is 0.274 e. The number of aromatic nitrogens is 2. The van der Waals surface area contributed by atoms with Gasteiger partial charge in [0, 0.05) is 30.5 Å². The maximum Gasteiger partial charge on any atom is 0.274 e. The lowest BCUT2D eigenvalue weighted by molar-refractivity contribution is 0.0567. The van der Waals surface area contributed by atoms with Crippen molar-refractivity contribution in [2.24, 2.45) is 0 Å². The quantitative estimate of drug-likeness (QED) is 0.863. The van der Waals surface area contributed by atoms with Crippen LogP contribution < -0.4 is 0 Å². The summed E-state index contributed by atoms with van der Waals surface area (Å²) >= 11 is 0. The molecular weight excluding hydrogens is 242 g/mol. The molecule has 104 valence electrons. The Hall–Kier alpha value is -1.36. The summed E-state index contributed by atoms with van der Waals surface area (Å²) in [5, 5.41) is 16.4. The molecule has 0 saturated carbocycles. The van der Waals surface area contributed by atoms with Crippen molar-refractivity contribution in [2.75, 3.05) is 13.2 Å². The number of likely N-dealkylation sites (tertiary alicyclic amines) is 1. The average Bonchev–Trinajstić information content (AvgIpc) is 3.01. The minimum atomic E-state index is 0.0533. The van der Waals surface area contributed by atoms with Gasteiger partial charge in [-0.25, -0.2) is 0 Å². The topological polar surface area (TPSA) is 69.2 Å². The molecule has 1 atom stereocenters. The van der Waals surface area contributed by atoms with Gasteiger partial charge in [0.1, 0.15) is 0 Å². The SMILES string of the molecule is O=C(c1n[nH]c2c1CCC2)N1CCCCC1CCO. The average molecular weight is 263 g/mol. The molecule has 0 radical (unpaired) electrons. The molecule has 1 amide bonds. The van der Waals surface area contributed by atoms with Crippen LogP contribution in [0.25, 0.3) is 0 Å². The first-order valence-corrected chi connectivity index (χ1v) is 7.29. The van der Waals surface area contributed by atoms with E-state index >= 15 is 0 Å². The van der Waals surface area contributed by atoms with Gasteiger partial charge in [-0.2, -0.15) is 5.10 Å². The van der Waals surface area contributed by atoms with Crippen LogP contribution in [0.4, 0.5) is 0 Å². The Morgan fingerprint density at radius 2 is 2.26 bits per heavy atom. The number of hydrogen-bond acceptors (Lipinski definition) is 3. The van der Waals surface area contributed by atoms with Crippen LogP contribution in [0.15, 0.2) is 0 Å². The van der Waals surface area contributed by atoms with E-state index in [2.05, 4.69) is 10.2 Å². The molecule has 5 heteroatoms. The van der Waals surface area contributed by atoms with Crippen molar-refractivity contribution >= 4 is 5.91 Å². The van der Waals surface area contributed by atoms with E-state index < -0.39 is 0 Å². The number of fused-ring (bicyclic) bond motifs is 1. The number of H-pyrrole nitrogens is 1. The lowest BCUT2D eigenvalue weighted by Crippen LogP contribution is -2.44. The Labute approximate surface area is 113 Å². The number of aromatic amines is 1. The molecule has 1 aromatic heterocycles. The Balaban J connectivity index is 1.81. The molecule has 1 unspecified atom stereocenters. The summed E-state index contributed by atoms with van der Waals surface area (Å²) in [5.74, 6) is 0.0533. The van der Waals surface area contributed by atoms with E-state index in [1.807, 2.05) is 4.90 Å². The number of nitrogens with zero attached hydrogens (tertiary/aromatic N) is 2. The number of carbonyl (C=O) groups is 1. The van der Waals surface area contributed by atoms with Gasteiger partial charge in [0.2, 0.25) is 0 Å². The second-order valence-electron chi connectivity index (χ2n) is 5.54. The summed E-state index contributed by atoms with van der Waals surface area (Å²) in [4.78, 5) is 14.6. The number of aryl methyl sites for hydroxylation is 1. The number of hydrogen-bond donors (Lipinski definition) is 2. The predicted octanol–water partition coefficient (Wildman–Crippen LogP) is 1.28. The normalized spacial score (nSPS) is 22.6. The third-order valence-electron chi connectivity index (χ3n) is 4.36. The molecule has 3 rings (SSSR count). The molecule has 2 heterocycles. The largest absolute Gasteiger partial charge is 0.396 e. The summed E-state index contributed by atoms with van der Waals surface area (Å²) in [6.07, 6.45) is 6.97. The molecule has 0 bridgehead atoms. The van der Waals surface area contributed by atoms with Crippen LogP contribution in [-0.4, -0.2) is 45.3 Å². The number of aliphatic hydroxyl groups excluding tert-OH is 1. The van der Waals surface area contributed by atoms with Gasteiger partial charge in [-0.3, -0.25) is 9.89 Å². The Morgan fingerprint density at radius 3 is 3.11 bits per heavy atom. The molecule has 1 saturated heterocycles. The highest BCUT2D eigenvalue weighted by Crippen LogP contribution is 2.27. The highest BCUT2D eigenvalue weighted by Gasteiger charge is 2.31. The van der Waals surface area contributed by atoms with Crippen LogP contribution in [0, 0.1) is 0 Å². The Kier molecular flexibility index (Phi) is 3.55. The first-order chi connectivity index (χ1) is 9.31. The molecular formula is C14H21N3O2. The van der Waals surface area contributed by atoms with Gasteiger partial charge in [-0.1, -0.05) is 0 Å². The maximum atomic E-state index is 12.7. The van der Waals surface area contributed by atoms with Crippen molar-refractivity contribution in [3.05, 3.63) is 17.0 Å². The molecule has 2 N–H and O–H groups in total. The van der Waals surface area contributed by atoms with E-state index in [4.69, 9.17) is 5.11 Å². The van der Waals surface area contributed by atoms with E-state index in [-0.39, 0.29) is 18.6 Å². The monoisotopic (exact) mass is 263 g/mol. The fourth-order valence-electron chi connectivity index (χ4n) is 3.35. The minimum absolute atomic E-state index is 0.0533. The van der Waals surface area contributed by atoms with E-state index in [1.165, 1.54) is 0 Å². The molecule has 1 aliphatic heterocycles. The van der Waals surface area contributed by atoms with Crippen molar-refractivity contribution in [2.45, 2.75) is 51.0 Å². The van der Waals surface area contributed by atoms with Crippen molar-refractivity contribution in [1.29, 1.82) is 0 Å². The molecule has 2 aliphatic rings. The second-order valence-corrected chi connectivity index (χ2v) is 5.54. The summed E-state index contributed by atoms with van der Waals surface area (Å²) in [6.45, 7) is 0.943. The molecule has 0 aromatic carbocycles. The minimum Gasteiger partial charge on any atom is -0.396 e. The van der Waals surface area contributed by atoms with E-state index in [1.54, 1.807) is 0 Å². The van der Waals surface area contributed by atoms with E-state index in [0.29, 0.717) is 12.1 Å². The molecule has 19 heavy (non-hydrogen) atoms. The zero-order valence-corrected chi connectivity index (χ0v) is 11.2. The van der Waals surface area contributed by atoms with Crippen LogP contribution in [0.5, 0.6) is 0 Å². The van der Waals surface area contributed by atoms with Crippen molar-refractivity contribution < 1.29 is 9.90 Å². The lowest BCUT2D eigenvalue weighted by atomic mass is 9.98. The zero-order valence-electron chi connectivity index (χ0n) is 11.2. The zero-order chi connectivity index (χ0) is 13.2. The van der Waals surface area contributed by atoms with Gasteiger partial charge in [0.05, 0.1) is 0 Å². The molecule has 1 aromatic rings. The lowest BCUT2D eigenvalue weighted by Gasteiger charge is -2.35. The molecule has 0 spiro atoms. The standard InChI is InChI=1S/C14H21N3O2/c18-9-7-10-4-1-2-8-17(10)14(19)13-11-5-3-6-12(11)15-16-13/h10,18H,1-9H2,(H,15,16). The number of rotatable bonds is 3. The van der Waals surface area contributed by atoms with Crippen molar-refractivity contribution in [3.8, 4) is 0 Å². The summed E-state index contributed by atoms with van der Waals surface area (Å²) in [6, 6.07) is 0.181. The summed E-state index contributed by atoms with van der Waals surface area (Å²) in [7, 11) is 0. The fraction of sp³-hybridized carbons (Fsp3) is 0.714. The second kappa shape index (κ2) is 5.33. The molecule has 5 nitrogen and oxygen atoms in total. The van der Waals surface area contributed by atoms with Crippen LogP contribution in [0.2, 0.25) is 0 Å². The maximum absolute atomic E-state index is 12.7. The van der Waals surface area contributed by atoms with Gasteiger partial charge < -0.3 is 10.0 Å². The Morgan fingerprint density at radius 1 is 1.37 bits per heavy atom. The number of piperidine rings is 1. The number of aliphatic hydroxyl groups is 1. The van der Waals surface area contributed by atoms with Gasteiger partial charge >= 0.3 is 0 Å². The predicted molar refractivity (Wildman–Crippen MR) is 71.0 cm³/mol. The van der Waals surface area contributed by atoms with Gasteiger partial charge in [0.15, 0.2) is 5.69 Å². The molecule has 1 fully saturated rings. The summed E-state index contributed by atoms with van der Waals surface area (Å²) < 4.78 is 0. The number of amides is 1. The van der Waals surface area contributed by atoms with Crippen molar-refractivity contribution in [1.82, 2.24) is 15.1 Å². The van der Waals surface area contributed by atoms with Gasteiger partial charge in [-0.15, -0.1) is 0 Å². The van der Waals surface area contributed by atoms with Crippen LogP contribution in [-0.2, 0) is 12.8 Å². The number of carbonyl (C=O) groups excluding carboxylic acids is 1. The van der Waals surface area contributed by atoms with Crippen molar-refractivity contribution in [3.63, 3.8) is 0 Å². The third kappa shape index (κ3) is 2.27. The first-order valence-electron chi connectivity index (χ1n) is 7.29. The van der Waals surface area contributed by atoms with Crippen LogP contribution in [0.3, 0.4) is 0 Å². The van der Waals surface area contributed by atoms with E-state index in [0.717, 1.165) is 56.3 Å².